The summed E-state index contributed by atoms with van der Waals surface area (Å²) in [6, 6.07) is 0. The molecule has 27 heavy (non-hydrogen) atoms. The molecule has 3 fully saturated rings. The number of likely N-dealkylation sites (tertiary alicyclic amines) is 1. The van der Waals surface area contributed by atoms with Crippen molar-refractivity contribution >= 4 is 17.7 Å². The fourth-order valence-corrected chi connectivity index (χ4v) is 4.75. The minimum Gasteiger partial charge on any atom is -0.341 e. The van der Waals surface area contributed by atoms with E-state index in [4.69, 9.17) is 0 Å². The van der Waals surface area contributed by atoms with E-state index in [9.17, 15) is 14.4 Å². The van der Waals surface area contributed by atoms with Crippen LogP contribution in [0.15, 0.2) is 0 Å². The fourth-order valence-electron chi connectivity index (χ4n) is 4.75. The zero-order chi connectivity index (χ0) is 19.6. The van der Waals surface area contributed by atoms with Crippen LogP contribution >= 0.6 is 0 Å². The molecule has 0 bridgehead atoms. The van der Waals surface area contributed by atoms with E-state index < -0.39 is 0 Å². The molecule has 0 spiro atoms. The molecule has 6 nitrogen and oxygen atoms in total. The SMILES string of the molecule is CC(C)(C)N1CC(C(=O)N2CCCN(C(=O)C3CCCCC3)CC2)CC1=O. The third-order valence-corrected chi connectivity index (χ3v) is 6.36. The Morgan fingerprint density at radius 3 is 1.89 bits per heavy atom. The zero-order valence-corrected chi connectivity index (χ0v) is 17.2. The van der Waals surface area contributed by atoms with Crippen LogP contribution in [0.2, 0.25) is 0 Å². The van der Waals surface area contributed by atoms with E-state index in [-0.39, 0.29) is 29.2 Å². The molecular formula is C21H35N3O3. The predicted octanol–water partition coefficient (Wildman–Crippen LogP) is 2.27. The lowest BCUT2D eigenvalue weighted by molar-refractivity contribution is -0.138. The second-order valence-electron chi connectivity index (χ2n) is 9.42. The summed E-state index contributed by atoms with van der Waals surface area (Å²) in [5, 5.41) is 0. The molecule has 0 N–H and O–H groups in total. The third kappa shape index (κ3) is 4.64. The van der Waals surface area contributed by atoms with Crippen molar-refractivity contribution in [2.24, 2.45) is 11.8 Å². The molecule has 2 saturated heterocycles. The van der Waals surface area contributed by atoms with Crippen molar-refractivity contribution in [3.8, 4) is 0 Å². The number of carbonyl (C=O) groups excluding carboxylic acids is 3. The van der Waals surface area contributed by atoms with Crippen LogP contribution in [0.3, 0.4) is 0 Å². The highest BCUT2D eigenvalue weighted by atomic mass is 16.2. The van der Waals surface area contributed by atoms with Gasteiger partial charge in [0.25, 0.3) is 0 Å². The Kier molecular flexibility index (Phi) is 6.11. The normalized spacial score (nSPS) is 25.7. The lowest BCUT2D eigenvalue weighted by Crippen LogP contribution is -2.44. The molecule has 0 aromatic rings. The number of hydrogen-bond acceptors (Lipinski definition) is 3. The molecular weight excluding hydrogens is 342 g/mol. The Bertz CT molecular complexity index is 578. The minimum atomic E-state index is -0.242. The third-order valence-electron chi connectivity index (χ3n) is 6.36. The highest BCUT2D eigenvalue weighted by Gasteiger charge is 2.41. The van der Waals surface area contributed by atoms with Crippen molar-refractivity contribution < 1.29 is 14.4 Å². The van der Waals surface area contributed by atoms with Crippen LogP contribution in [0, 0.1) is 11.8 Å². The number of amides is 3. The Balaban J connectivity index is 1.55. The fraction of sp³-hybridized carbons (Fsp3) is 0.857. The molecule has 3 amide bonds. The molecule has 1 aliphatic carbocycles. The van der Waals surface area contributed by atoms with Gasteiger partial charge in [-0.15, -0.1) is 0 Å². The first-order valence-electron chi connectivity index (χ1n) is 10.7. The second kappa shape index (κ2) is 8.19. The van der Waals surface area contributed by atoms with Crippen LogP contribution < -0.4 is 0 Å². The molecule has 1 saturated carbocycles. The smallest absolute Gasteiger partial charge is 0.228 e. The quantitative estimate of drug-likeness (QED) is 0.742. The lowest BCUT2D eigenvalue weighted by atomic mass is 9.88. The molecule has 3 aliphatic rings. The van der Waals surface area contributed by atoms with Gasteiger partial charge in [0.2, 0.25) is 17.7 Å². The van der Waals surface area contributed by atoms with E-state index in [2.05, 4.69) is 0 Å². The molecule has 2 heterocycles. The van der Waals surface area contributed by atoms with Crippen LogP contribution in [-0.2, 0) is 14.4 Å². The first-order valence-corrected chi connectivity index (χ1v) is 10.7. The van der Waals surface area contributed by atoms with Crippen LogP contribution in [0.25, 0.3) is 0 Å². The molecule has 1 atom stereocenters. The molecule has 152 valence electrons. The maximum atomic E-state index is 13.0. The van der Waals surface area contributed by atoms with Gasteiger partial charge in [-0.25, -0.2) is 0 Å². The van der Waals surface area contributed by atoms with Crippen molar-refractivity contribution in [3.05, 3.63) is 0 Å². The van der Waals surface area contributed by atoms with Crippen molar-refractivity contribution in [2.75, 3.05) is 32.7 Å². The summed E-state index contributed by atoms with van der Waals surface area (Å²) in [5.41, 5.74) is -0.242. The summed E-state index contributed by atoms with van der Waals surface area (Å²) in [5.74, 6) is 0.400. The summed E-state index contributed by atoms with van der Waals surface area (Å²) in [6.07, 6.45) is 6.75. The largest absolute Gasteiger partial charge is 0.341 e. The first-order chi connectivity index (χ1) is 12.8. The summed E-state index contributed by atoms with van der Waals surface area (Å²) in [7, 11) is 0. The van der Waals surface area contributed by atoms with Gasteiger partial charge in [0.1, 0.15) is 0 Å². The molecule has 0 radical (unpaired) electrons. The van der Waals surface area contributed by atoms with E-state index in [0.717, 1.165) is 38.6 Å². The number of nitrogens with zero attached hydrogens (tertiary/aromatic N) is 3. The highest BCUT2D eigenvalue weighted by molar-refractivity contribution is 5.89. The Morgan fingerprint density at radius 2 is 1.37 bits per heavy atom. The van der Waals surface area contributed by atoms with Gasteiger partial charge in [-0.3, -0.25) is 14.4 Å². The van der Waals surface area contributed by atoms with Crippen molar-refractivity contribution in [1.82, 2.24) is 14.7 Å². The predicted molar refractivity (Wildman–Crippen MR) is 104 cm³/mol. The summed E-state index contributed by atoms with van der Waals surface area (Å²) in [6.45, 7) is 9.21. The van der Waals surface area contributed by atoms with Gasteiger partial charge >= 0.3 is 0 Å². The van der Waals surface area contributed by atoms with Crippen LogP contribution in [0.4, 0.5) is 0 Å². The molecule has 3 rings (SSSR count). The first kappa shape index (κ1) is 20.2. The van der Waals surface area contributed by atoms with Gasteiger partial charge in [0.15, 0.2) is 0 Å². The van der Waals surface area contributed by atoms with E-state index in [1.807, 2.05) is 35.5 Å². The average molecular weight is 378 g/mol. The average Bonchev–Trinajstić information content (AvgIpc) is 2.88. The Labute approximate surface area is 163 Å². The minimum absolute atomic E-state index is 0.0739. The highest BCUT2D eigenvalue weighted by Crippen LogP contribution is 2.28. The van der Waals surface area contributed by atoms with Crippen molar-refractivity contribution in [3.63, 3.8) is 0 Å². The summed E-state index contributed by atoms with van der Waals surface area (Å²) in [4.78, 5) is 43.8. The van der Waals surface area contributed by atoms with E-state index in [1.54, 1.807) is 0 Å². The van der Waals surface area contributed by atoms with Crippen molar-refractivity contribution in [1.29, 1.82) is 0 Å². The zero-order valence-electron chi connectivity index (χ0n) is 17.2. The summed E-state index contributed by atoms with van der Waals surface area (Å²) >= 11 is 0. The number of hydrogen-bond donors (Lipinski definition) is 0. The van der Waals surface area contributed by atoms with E-state index in [1.165, 1.54) is 6.42 Å². The molecule has 0 aromatic heterocycles. The molecule has 1 unspecified atom stereocenters. The molecule has 0 aromatic carbocycles. The maximum Gasteiger partial charge on any atom is 0.228 e. The maximum absolute atomic E-state index is 13.0. The van der Waals surface area contributed by atoms with E-state index in [0.29, 0.717) is 38.5 Å². The van der Waals surface area contributed by atoms with Gasteiger partial charge in [-0.2, -0.15) is 0 Å². The van der Waals surface area contributed by atoms with Gasteiger partial charge in [-0.05, 0) is 40.0 Å². The van der Waals surface area contributed by atoms with Crippen LogP contribution in [0.1, 0.15) is 65.7 Å². The van der Waals surface area contributed by atoms with Crippen molar-refractivity contribution in [2.45, 2.75) is 71.3 Å². The van der Waals surface area contributed by atoms with E-state index >= 15 is 0 Å². The topological polar surface area (TPSA) is 60.9 Å². The van der Waals surface area contributed by atoms with Gasteiger partial charge in [0.05, 0.1) is 5.92 Å². The number of rotatable bonds is 2. The van der Waals surface area contributed by atoms with Gasteiger partial charge in [-0.1, -0.05) is 19.3 Å². The molecule has 2 aliphatic heterocycles. The second-order valence-corrected chi connectivity index (χ2v) is 9.42. The number of carbonyl (C=O) groups is 3. The van der Waals surface area contributed by atoms with Crippen LogP contribution in [0.5, 0.6) is 0 Å². The Morgan fingerprint density at radius 1 is 0.815 bits per heavy atom. The Hall–Kier alpha value is -1.59. The lowest BCUT2D eigenvalue weighted by Gasteiger charge is -2.32. The van der Waals surface area contributed by atoms with Crippen LogP contribution in [-0.4, -0.2) is 70.7 Å². The standard InChI is InChI=1S/C21H35N3O3/c1-21(2,3)24-15-17(14-18(24)25)20(27)23-11-7-10-22(12-13-23)19(26)16-8-5-4-6-9-16/h16-17H,4-15H2,1-3H3. The van der Waals surface area contributed by atoms with Gasteiger partial charge < -0.3 is 14.7 Å². The van der Waals surface area contributed by atoms with Gasteiger partial charge in [0, 0.05) is 50.6 Å². The molecule has 6 heteroatoms. The summed E-state index contributed by atoms with van der Waals surface area (Å²) < 4.78 is 0. The monoisotopic (exact) mass is 377 g/mol.